The van der Waals surface area contributed by atoms with Gasteiger partial charge in [0.1, 0.15) is 11.7 Å². The standard InChI is InChI=1S/C20H15N3O2/c24-20(25)18-12-5-2-1-4-11(12)17-13(18)6-3-7-14(17)19-22-15-8-9-21-10-16(15)23-19/h1-9,18,21H,10H2,(H,22,23)(H,24,25). The zero-order chi connectivity index (χ0) is 17.0. The monoisotopic (exact) mass is 329 g/mol. The van der Waals surface area contributed by atoms with Crippen LogP contribution >= 0.6 is 0 Å². The third kappa shape index (κ3) is 1.96. The Balaban J connectivity index is 1.77. The van der Waals surface area contributed by atoms with Gasteiger partial charge in [-0.25, -0.2) is 4.98 Å². The van der Waals surface area contributed by atoms with Gasteiger partial charge in [-0.3, -0.25) is 4.79 Å². The summed E-state index contributed by atoms with van der Waals surface area (Å²) in [7, 11) is 0. The molecule has 2 aliphatic rings. The molecule has 2 aromatic carbocycles. The Morgan fingerprint density at radius 2 is 1.88 bits per heavy atom. The van der Waals surface area contributed by atoms with E-state index in [9.17, 15) is 9.90 Å². The number of carboxylic acid groups (broad SMARTS) is 1. The highest BCUT2D eigenvalue weighted by Crippen LogP contribution is 2.48. The number of hydrogen-bond donors (Lipinski definition) is 3. The first-order valence-electron chi connectivity index (χ1n) is 8.18. The minimum absolute atomic E-state index is 0.628. The van der Waals surface area contributed by atoms with Crippen LogP contribution in [0.1, 0.15) is 28.4 Å². The second-order valence-corrected chi connectivity index (χ2v) is 6.29. The number of fused-ring (bicyclic) bond motifs is 4. The van der Waals surface area contributed by atoms with Gasteiger partial charge in [0.15, 0.2) is 0 Å². The number of carbonyl (C=O) groups is 1. The summed E-state index contributed by atoms with van der Waals surface area (Å²) >= 11 is 0. The minimum atomic E-state index is -0.825. The van der Waals surface area contributed by atoms with Crippen LogP contribution in [0, 0.1) is 0 Å². The Morgan fingerprint density at radius 1 is 1.08 bits per heavy atom. The van der Waals surface area contributed by atoms with Crippen LogP contribution in [0.15, 0.2) is 48.7 Å². The quantitative estimate of drug-likeness (QED) is 0.674. The molecule has 0 bridgehead atoms. The zero-order valence-electron chi connectivity index (χ0n) is 13.3. The molecule has 122 valence electrons. The van der Waals surface area contributed by atoms with Crippen molar-refractivity contribution in [1.82, 2.24) is 15.3 Å². The highest BCUT2D eigenvalue weighted by atomic mass is 16.4. The highest BCUT2D eigenvalue weighted by molar-refractivity contribution is 5.97. The predicted molar refractivity (Wildman–Crippen MR) is 94.8 cm³/mol. The molecule has 1 aliphatic heterocycles. The Hall–Kier alpha value is -3.34. The van der Waals surface area contributed by atoms with Gasteiger partial charge in [-0.1, -0.05) is 42.5 Å². The van der Waals surface area contributed by atoms with E-state index in [1.54, 1.807) is 0 Å². The summed E-state index contributed by atoms with van der Waals surface area (Å²) in [6, 6.07) is 13.5. The van der Waals surface area contributed by atoms with Crippen molar-refractivity contribution in [1.29, 1.82) is 0 Å². The van der Waals surface area contributed by atoms with Gasteiger partial charge in [-0.2, -0.15) is 0 Å². The number of aliphatic carboxylic acids is 1. The van der Waals surface area contributed by atoms with Gasteiger partial charge in [-0.15, -0.1) is 0 Å². The Morgan fingerprint density at radius 3 is 2.72 bits per heavy atom. The molecule has 1 aliphatic carbocycles. The lowest BCUT2D eigenvalue weighted by Crippen LogP contribution is -2.10. The SMILES string of the molecule is O=C(O)C1c2ccccc2-c2c(-c3nc4c([nH]3)CNC=C4)cccc21. The van der Waals surface area contributed by atoms with Gasteiger partial charge >= 0.3 is 5.97 Å². The Bertz CT molecular complexity index is 1050. The number of carboxylic acids is 1. The summed E-state index contributed by atoms with van der Waals surface area (Å²) in [5.74, 6) is -0.678. The molecule has 0 radical (unpaired) electrons. The number of hydrogen-bond acceptors (Lipinski definition) is 3. The molecule has 1 unspecified atom stereocenters. The van der Waals surface area contributed by atoms with E-state index in [0.717, 1.165) is 45.0 Å². The smallest absolute Gasteiger partial charge is 0.315 e. The van der Waals surface area contributed by atoms with E-state index in [1.165, 1.54) is 0 Å². The molecule has 3 N–H and O–H groups in total. The molecule has 1 atom stereocenters. The molecule has 0 saturated heterocycles. The molecule has 5 nitrogen and oxygen atoms in total. The molecule has 25 heavy (non-hydrogen) atoms. The number of aromatic amines is 1. The average Bonchev–Trinajstić information content (AvgIpc) is 3.20. The predicted octanol–water partition coefficient (Wildman–Crippen LogP) is 3.35. The summed E-state index contributed by atoms with van der Waals surface area (Å²) in [6.45, 7) is 0.711. The number of H-pyrrole nitrogens is 1. The number of rotatable bonds is 2. The van der Waals surface area contributed by atoms with Crippen LogP contribution in [0.5, 0.6) is 0 Å². The van der Waals surface area contributed by atoms with Crippen molar-refractivity contribution >= 4 is 12.0 Å². The molecule has 0 amide bonds. The fourth-order valence-electron chi connectivity index (χ4n) is 3.84. The highest BCUT2D eigenvalue weighted by Gasteiger charge is 2.35. The van der Waals surface area contributed by atoms with Crippen LogP contribution in [-0.4, -0.2) is 21.0 Å². The molecule has 5 rings (SSSR count). The first-order chi connectivity index (χ1) is 12.2. The van der Waals surface area contributed by atoms with Gasteiger partial charge in [0.25, 0.3) is 0 Å². The van der Waals surface area contributed by atoms with E-state index in [4.69, 9.17) is 4.98 Å². The summed E-state index contributed by atoms with van der Waals surface area (Å²) < 4.78 is 0. The largest absolute Gasteiger partial charge is 0.481 e. The van der Waals surface area contributed by atoms with Crippen LogP contribution in [0.2, 0.25) is 0 Å². The molecule has 3 aromatic rings. The summed E-state index contributed by atoms with van der Waals surface area (Å²) in [4.78, 5) is 20.0. The Kier molecular flexibility index (Phi) is 2.85. The maximum Gasteiger partial charge on any atom is 0.315 e. The van der Waals surface area contributed by atoms with Gasteiger partial charge in [-0.05, 0) is 34.5 Å². The summed E-state index contributed by atoms with van der Waals surface area (Å²) in [5.41, 5.74) is 6.52. The van der Waals surface area contributed by atoms with Crippen molar-refractivity contribution in [3.63, 3.8) is 0 Å². The van der Waals surface area contributed by atoms with Gasteiger partial charge in [0, 0.05) is 5.56 Å². The van der Waals surface area contributed by atoms with Crippen LogP contribution in [0.3, 0.4) is 0 Å². The van der Waals surface area contributed by atoms with Crippen LogP contribution in [0.4, 0.5) is 0 Å². The van der Waals surface area contributed by atoms with E-state index in [2.05, 4.69) is 10.3 Å². The molecule has 0 fully saturated rings. The lowest BCUT2D eigenvalue weighted by molar-refractivity contribution is -0.137. The third-order valence-electron chi connectivity index (χ3n) is 4.90. The molecular formula is C20H15N3O2. The lowest BCUT2D eigenvalue weighted by atomic mass is 9.96. The first-order valence-corrected chi connectivity index (χ1v) is 8.18. The van der Waals surface area contributed by atoms with Crippen molar-refractivity contribution < 1.29 is 9.90 Å². The number of aromatic nitrogens is 2. The first kappa shape index (κ1) is 14.0. The van der Waals surface area contributed by atoms with E-state index < -0.39 is 11.9 Å². The molecule has 1 aromatic heterocycles. The molecule has 5 heteroatoms. The fraction of sp³-hybridized carbons (Fsp3) is 0.100. The summed E-state index contributed by atoms with van der Waals surface area (Å²) in [6.07, 6.45) is 3.83. The van der Waals surface area contributed by atoms with Crippen molar-refractivity contribution in [3.05, 3.63) is 71.2 Å². The van der Waals surface area contributed by atoms with Gasteiger partial charge < -0.3 is 15.4 Å². The third-order valence-corrected chi connectivity index (χ3v) is 4.90. The van der Waals surface area contributed by atoms with E-state index in [0.29, 0.717) is 6.54 Å². The second-order valence-electron chi connectivity index (χ2n) is 6.29. The number of benzene rings is 2. The molecular weight excluding hydrogens is 314 g/mol. The maximum absolute atomic E-state index is 11.9. The topological polar surface area (TPSA) is 78.0 Å². The normalized spacial score (nSPS) is 16.7. The minimum Gasteiger partial charge on any atom is -0.481 e. The molecule has 2 heterocycles. The second kappa shape index (κ2) is 5.08. The summed E-state index contributed by atoms with van der Waals surface area (Å²) in [5, 5.41) is 12.9. The van der Waals surface area contributed by atoms with Crippen LogP contribution < -0.4 is 5.32 Å². The zero-order valence-corrected chi connectivity index (χ0v) is 13.3. The van der Waals surface area contributed by atoms with Crippen molar-refractivity contribution in [2.45, 2.75) is 12.5 Å². The van der Waals surface area contributed by atoms with E-state index >= 15 is 0 Å². The van der Waals surface area contributed by atoms with Crippen LogP contribution in [0.25, 0.3) is 28.6 Å². The average molecular weight is 329 g/mol. The number of nitrogens with one attached hydrogen (secondary N) is 2. The number of nitrogens with zero attached hydrogens (tertiary/aromatic N) is 1. The fourth-order valence-corrected chi connectivity index (χ4v) is 3.84. The molecule has 0 spiro atoms. The van der Waals surface area contributed by atoms with Crippen molar-refractivity contribution in [2.24, 2.45) is 0 Å². The lowest BCUT2D eigenvalue weighted by Gasteiger charge is -2.09. The van der Waals surface area contributed by atoms with Crippen molar-refractivity contribution in [2.75, 3.05) is 0 Å². The number of imidazole rings is 1. The van der Waals surface area contributed by atoms with Crippen LogP contribution in [-0.2, 0) is 11.3 Å². The Labute approximate surface area is 144 Å². The van der Waals surface area contributed by atoms with E-state index in [-0.39, 0.29) is 0 Å². The maximum atomic E-state index is 11.9. The molecule has 0 saturated carbocycles. The van der Waals surface area contributed by atoms with Gasteiger partial charge in [0.2, 0.25) is 0 Å². The van der Waals surface area contributed by atoms with E-state index in [1.807, 2.05) is 54.7 Å². The van der Waals surface area contributed by atoms with Crippen molar-refractivity contribution in [3.8, 4) is 22.5 Å². The van der Waals surface area contributed by atoms with Gasteiger partial charge in [0.05, 0.1) is 17.9 Å².